The number of aliphatic hydroxyl groups is 1. The second-order valence-corrected chi connectivity index (χ2v) is 3.29. The number of rotatable bonds is 3. The fourth-order valence-electron chi connectivity index (χ4n) is 1.44. The summed E-state index contributed by atoms with van der Waals surface area (Å²) in [5, 5.41) is 9.88. The molecule has 0 fully saturated rings. The van der Waals surface area contributed by atoms with Gasteiger partial charge in [0.05, 0.1) is 19.1 Å². The number of aromatic amines is 1. The van der Waals surface area contributed by atoms with Crippen LogP contribution in [0.3, 0.4) is 0 Å². The van der Waals surface area contributed by atoms with Crippen LogP contribution in [-0.2, 0) is 0 Å². The van der Waals surface area contributed by atoms with Crippen molar-refractivity contribution in [3.05, 3.63) is 47.8 Å². The van der Waals surface area contributed by atoms with Crippen molar-refractivity contribution in [3.63, 3.8) is 0 Å². The minimum absolute atomic E-state index is 0.151. The Morgan fingerprint density at radius 3 is 2.88 bits per heavy atom. The van der Waals surface area contributed by atoms with E-state index in [9.17, 15) is 9.50 Å². The summed E-state index contributed by atoms with van der Waals surface area (Å²) in [5.41, 5.74) is 0.884. The lowest BCUT2D eigenvalue weighted by molar-refractivity contribution is 0.215. The normalized spacial score (nSPS) is 12.4. The highest BCUT2D eigenvalue weighted by Gasteiger charge is 2.14. The van der Waals surface area contributed by atoms with Gasteiger partial charge in [-0.1, -0.05) is 6.07 Å². The van der Waals surface area contributed by atoms with Gasteiger partial charge in [-0.25, -0.2) is 9.37 Å². The predicted octanol–water partition coefficient (Wildman–Crippen LogP) is 1.64. The van der Waals surface area contributed by atoms with E-state index in [0.29, 0.717) is 11.3 Å². The predicted molar refractivity (Wildman–Crippen MR) is 55.6 cm³/mol. The molecule has 4 nitrogen and oxygen atoms in total. The van der Waals surface area contributed by atoms with Crippen molar-refractivity contribution in [2.45, 2.75) is 6.10 Å². The van der Waals surface area contributed by atoms with E-state index in [0.717, 1.165) is 0 Å². The van der Waals surface area contributed by atoms with Gasteiger partial charge in [0.25, 0.3) is 0 Å². The number of methoxy groups -OCH3 is 1. The molecule has 1 aromatic carbocycles. The van der Waals surface area contributed by atoms with Crippen LogP contribution in [0, 0.1) is 5.82 Å². The van der Waals surface area contributed by atoms with Crippen molar-refractivity contribution >= 4 is 0 Å². The molecule has 16 heavy (non-hydrogen) atoms. The Balaban J connectivity index is 2.31. The molecule has 0 aliphatic carbocycles. The Morgan fingerprint density at radius 2 is 2.31 bits per heavy atom. The monoisotopic (exact) mass is 222 g/mol. The molecule has 0 amide bonds. The van der Waals surface area contributed by atoms with Crippen LogP contribution in [-0.4, -0.2) is 22.2 Å². The van der Waals surface area contributed by atoms with Gasteiger partial charge in [-0.05, 0) is 17.7 Å². The number of hydrogen-bond acceptors (Lipinski definition) is 3. The first-order chi connectivity index (χ1) is 7.72. The zero-order valence-electron chi connectivity index (χ0n) is 8.64. The third-order valence-electron chi connectivity index (χ3n) is 2.29. The molecule has 0 saturated carbocycles. The van der Waals surface area contributed by atoms with Crippen molar-refractivity contribution in [1.82, 2.24) is 9.97 Å². The quantitative estimate of drug-likeness (QED) is 0.830. The topological polar surface area (TPSA) is 58.1 Å². The molecule has 0 saturated heterocycles. The van der Waals surface area contributed by atoms with E-state index in [1.807, 2.05) is 0 Å². The number of aliphatic hydroxyl groups excluding tert-OH is 1. The van der Waals surface area contributed by atoms with Crippen molar-refractivity contribution in [1.29, 1.82) is 0 Å². The van der Waals surface area contributed by atoms with E-state index in [1.54, 1.807) is 12.3 Å². The molecule has 0 spiro atoms. The fourth-order valence-corrected chi connectivity index (χ4v) is 1.44. The SMILES string of the molecule is COc1ccc(C(O)c2c[nH]cn2)cc1F. The first-order valence-electron chi connectivity index (χ1n) is 4.72. The van der Waals surface area contributed by atoms with Crippen LogP contribution in [0.2, 0.25) is 0 Å². The van der Waals surface area contributed by atoms with Crippen LogP contribution in [0.25, 0.3) is 0 Å². The second-order valence-electron chi connectivity index (χ2n) is 3.29. The van der Waals surface area contributed by atoms with Crippen molar-refractivity contribution in [2.75, 3.05) is 7.11 Å². The lowest BCUT2D eigenvalue weighted by Gasteiger charge is -2.09. The van der Waals surface area contributed by atoms with E-state index in [2.05, 4.69) is 9.97 Å². The van der Waals surface area contributed by atoms with Crippen LogP contribution in [0.15, 0.2) is 30.7 Å². The van der Waals surface area contributed by atoms with Crippen LogP contribution >= 0.6 is 0 Å². The number of imidazole rings is 1. The molecule has 0 aliphatic heterocycles. The van der Waals surface area contributed by atoms with Gasteiger partial charge in [0.2, 0.25) is 0 Å². The van der Waals surface area contributed by atoms with Crippen LogP contribution in [0.5, 0.6) is 5.75 Å². The Morgan fingerprint density at radius 1 is 1.50 bits per heavy atom. The van der Waals surface area contributed by atoms with Gasteiger partial charge in [-0.2, -0.15) is 0 Å². The summed E-state index contributed by atoms with van der Waals surface area (Å²) in [4.78, 5) is 6.63. The molecule has 0 radical (unpaired) electrons. The number of benzene rings is 1. The molecule has 0 bridgehead atoms. The van der Waals surface area contributed by atoms with E-state index in [-0.39, 0.29) is 5.75 Å². The van der Waals surface area contributed by atoms with Crippen LogP contribution in [0.1, 0.15) is 17.4 Å². The Kier molecular flexibility index (Phi) is 2.87. The zero-order chi connectivity index (χ0) is 11.5. The molecule has 2 N–H and O–H groups in total. The summed E-state index contributed by atoms with van der Waals surface area (Å²) in [6.07, 6.45) is 2.08. The van der Waals surface area contributed by atoms with Gasteiger partial charge < -0.3 is 14.8 Å². The van der Waals surface area contributed by atoms with Crippen LogP contribution < -0.4 is 4.74 Å². The maximum atomic E-state index is 13.4. The van der Waals surface area contributed by atoms with Gasteiger partial charge >= 0.3 is 0 Å². The van der Waals surface area contributed by atoms with Crippen molar-refractivity contribution in [3.8, 4) is 5.75 Å². The second kappa shape index (κ2) is 4.32. The number of aromatic nitrogens is 2. The molecule has 0 aliphatic rings. The maximum Gasteiger partial charge on any atom is 0.165 e. The average Bonchev–Trinajstić information content (AvgIpc) is 2.81. The summed E-state index contributed by atoms with van der Waals surface area (Å²) < 4.78 is 18.2. The summed E-state index contributed by atoms with van der Waals surface area (Å²) in [7, 11) is 1.39. The molecule has 5 heteroatoms. The number of ether oxygens (including phenoxy) is 1. The van der Waals surface area contributed by atoms with Gasteiger partial charge in [0, 0.05) is 6.20 Å². The standard InChI is InChI=1S/C11H11FN2O2/c1-16-10-3-2-7(4-8(10)12)11(15)9-5-13-6-14-9/h2-6,11,15H,1H3,(H,13,14). The highest BCUT2D eigenvalue weighted by atomic mass is 19.1. The van der Waals surface area contributed by atoms with Crippen LogP contribution in [0.4, 0.5) is 4.39 Å². The molecule has 1 aromatic heterocycles. The first kappa shape index (κ1) is 10.6. The molecule has 84 valence electrons. The summed E-state index contributed by atoms with van der Waals surface area (Å²) in [6, 6.07) is 4.31. The summed E-state index contributed by atoms with van der Waals surface area (Å²) in [5.74, 6) is -0.354. The van der Waals surface area contributed by atoms with Crippen molar-refractivity contribution < 1.29 is 14.2 Å². The van der Waals surface area contributed by atoms with Crippen molar-refractivity contribution in [2.24, 2.45) is 0 Å². The lowest BCUT2D eigenvalue weighted by atomic mass is 10.1. The molecule has 1 unspecified atom stereocenters. The lowest BCUT2D eigenvalue weighted by Crippen LogP contribution is -2.01. The van der Waals surface area contributed by atoms with E-state index >= 15 is 0 Å². The molecular formula is C11H11FN2O2. The Bertz CT molecular complexity index is 471. The van der Waals surface area contributed by atoms with Gasteiger partial charge in [0.15, 0.2) is 11.6 Å². The third-order valence-corrected chi connectivity index (χ3v) is 2.29. The van der Waals surface area contributed by atoms with E-state index < -0.39 is 11.9 Å². The molecular weight excluding hydrogens is 211 g/mol. The third kappa shape index (κ3) is 1.90. The first-order valence-corrected chi connectivity index (χ1v) is 4.72. The molecule has 1 heterocycles. The summed E-state index contributed by atoms with van der Waals surface area (Å²) >= 11 is 0. The smallest absolute Gasteiger partial charge is 0.165 e. The number of nitrogens with one attached hydrogen (secondary N) is 1. The fraction of sp³-hybridized carbons (Fsp3) is 0.182. The Hall–Kier alpha value is -1.88. The number of hydrogen-bond donors (Lipinski definition) is 2. The van der Waals surface area contributed by atoms with Gasteiger partial charge in [-0.15, -0.1) is 0 Å². The molecule has 1 atom stereocenters. The minimum atomic E-state index is -0.938. The highest BCUT2D eigenvalue weighted by Crippen LogP contribution is 2.24. The Labute approximate surface area is 91.7 Å². The van der Waals surface area contributed by atoms with E-state index in [4.69, 9.17) is 4.74 Å². The number of nitrogens with zero attached hydrogens (tertiary/aromatic N) is 1. The van der Waals surface area contributed by atoms with Gasteiger partial charge in [-0.3, -0.25) is 0 Å². The summed E-state index contributed by atoms with van der Waals surface area (Å²) in [6.45, 7) is 0. The zero-order valence-corrected chi connectivity index (χ0v) is 8.64. The largest absolute Gasteiger partial charge is 0.494 e. The molecule has 2 rings (SSSR count). The average molecular weight is 222 g/mol. The van der Waals surface area contributed by atoms with Gasteiger partial charge in [0.1, 0.15) is 6.10 Å². The van der Waals surface area contributed by atoms with E-state index in [1.165, 1.54) is 25.6 Å². The number of H-pyrrole nitrogens is 1. The molecule has 2 aromatic rings. The minimum Gasteiger partial charge on any atom is -0.494 e. The number of halogens is 1. The maximum absolute atomic E-state index is 13.4. The highest BCUT2D eigenvalue weighted by molar-refractivity contribution is 5.33.